The highest BCUT2D eigenvalue weighted by molar-refractivity contribution is 5.95. The molecule has 4 aromatic rings. The Kier molecular flexibility index (Phi) is 5.98. The van der Waals surface area contributed by atoms with Gasteiger partial charge in [-0.3, -0.25) is 4.79 Å². The summed E-state index contributed by atoms with van der Waals surface area (Å²) >= 11 is 0. The van der Waals surface area contributed by atoms with Crippen LogP contribution in [-0.2, 0) is 13.1 Å². The number of hydrogen-bond acceptors (Lipinski definition) is 5. The molecule has 0 unspecified atom stereocenters. The van der Waals surface area contributed by atoms with E-state index in [1.54, 1.807) is 48.5 Å². The van der Waals surface area contributed by atoms with E-state index in [1.807, 2.05) is 0 Å². The predicted octanol–water partition coefficient (Wildman–Crippen LogP) is 3.16. The molecule has 0 aliphatic heterocycles. The van der Waals surface area contributed by atoms with Crippen molar-refractivity contribution < 1.29 is 19.1 Å². The second kappa shape index (κ2) is 9.17. The number of halogens is 1. The van der Waals surface area contributed by atoms with Crippen LogP contribution in [0.1, 0.15) is 31.8 Å². The number of rotatable bonds is 7. The van der Waals surface area contributed by atoms with Gasteiger partial charge in [-0.1, -0.05) is 36.4 Å². The molecule has 160 valence electrons. The molecule has 0 radical (unpaired) electrons. The third-order valence-electron chi connectivity index (χ3n) is 4.70. The summed E-state index contributed by atoms with van der Waals surface area (Å²) in [4.78, 5) is 24.8. The fourth-order valence-electron chi connectivity index (χ4n) is 3.07. The van der Waals surface area contributed by atoms with Crippen molar-refractivity contribution in [1.82, 2.24) is 25.5 Å². The van der Waals surface area contributed by atoms with Crippen LogP contribution in [0.4, 0.5) is 4.39 Å². The number of nitrogens with zero attached hydrogens (tertiary/aromatic N) is 4. The molecule has 0 spiro atoms. The number of carbonyl (C=O) groups is 2. The van der Waals surface area contributed by atoms with Gasteiger partial charge in [0.2, 0.25) is 5.82 Å². The smallest absolute Gasteiger partial charge is 0.335 e. The molecule has 8 nitrogen and oxygen atoms in total. The minimum Gasteiger partial charge on any atom is -0.478 e. The van der Waals surface area contributed by atoms with E-state index in [9.17, 15) is 14.0 Å². The first-order valence-electron chi connectivity index (χ1n) is 9.71. The zero-order chi connectivity index (χ0) is 22.5. The molecule has 0 aliphatic rings. The Bertz CT molecular complexity index is 1270. The van der Waals surface area contributed by atoms with Crippen molar-refractivity contribution in [3.63, 3.8) is 0 Å². The SMILES string of the molecule is O=C(O)c1ccc(CNC(=O)c2cccc(-c3nnn(Cc4cccc(F)c4)n3)c2)cc1. The number of carboxylic acids is 1. The van der Waals surface area contributed by atoms with Gasteiger partial charge in [0.15, 0.2) is 0 Å². The molecule has 4 rings (SSSR count). The van der Waals surface area contributed by atoms with Crippen molar-refractivity contribution in [3.8, 4) is 11.4 Å². The third kappa shape index (κ3) is 5.01. The Morgan fingerprint density at radius 1 is 0.938 bits per heavy atom. The Morgan fingerprint density at radius 3 is 2.47 bits per heavy atom. The van der Waals surface area contributed by atoms with Crippen LogP contribution in [0, 0.1) is 5.82 Å². The van der Waals surface area contributed by atoms with E-state index in [-0.39, 0.29) is 30.4 Å². The van der Waals surface area contributed by atoms with E-state index in [4.69, 9.17) is 5.11 Å². The number of carboxylic acid groups (broad SMARTS) is 1. The topological polar surface area (TPSA) is 110 Å². The van der Waals surface area contributed by atoms with Crippen LogP contribution in [0.2, 0.25) is 0 Å². The van der Waals surface area contributed by atoms with Crippen LogP contribution in [0.5, 0.6) is 0 Å². The van der Waals surface area contributed by atoms with Gasteiger partial charge in [0.05, 0.1) is 12.1 Å². The summed E-state index contributed by atoms with van der Waals surface area (Å²) in [7, 11) is 0. The van der Waals surface area contributed by atoms with E-state index >= 15 is 0 Å². The van der Waals surface area contributed by atoms with Gasteiger partial charge in [-0.15, -0.1) is 10.2 Å². The zero-order valence-electron chi connectivity index (χ0n) is 16.8. The molecule has 0 bridgehead atoms. The van der Waals surface area contributed by atoms with Crippen molar-refractivity contribution in [2.45, 2.75) is 13.1 Å². The maximum atomic E-state index is 13.4. The molecule has 1 heterocycles. The van der Waals surface area contributed by atoms with Crippen LogP contribution in [0.3, 0.4) is 0 Å². The average Bonchev–Trinajstić information content (AvgIpc) is 3.26. The van der Waals surface area contributed by atoms with Gasteiger partial charge in [-0.25, -0.2) is 9.18 Å². The number of aromatic nitrogens is 4. The minimum absolute atomic E-state index is 0.186. The summed E-state index contributed by atoms with van der Waals surface area (Å²) in [6.07, 6.45) is 0. The van der Waals surface area contributed by atoms with E-state index < -0.39 is 5.97 Å². The third-order valence-corrected chi connectivity index (χ3v) is 4.70. The van der Waals surface area contributed by atoms with Crippen molar-refractivity contribution >= 4 is 11.9 Å². The fraction of sp³-hybridized carbons (Fsp3) is 0.0870. The normalized spacial score (nSPS) is 10.7. The number of tetrazole rings is 1. The summed E-state index contributed by atoms with van der Waals surface area (Å²) in [6.45, 7) is 0.524. The monoisotopic (exact) mass is 431 g/mol. The highest BCUT2D eigenvalue weighted by atomic mass is 19.1. The summed E-state index contributed by atoms with van der Waals surface area (Å²) in [5, 5.41) is 24.1. The molecule has 32 heavy (non-hydrogen) atoms. The first kappa shape index (κ1) is 20.9. The lowest BCUT2D eigenvalue weighted by Gasteiger charge is -2.07. The molecule has 0 fully saturated rings. The summed E-state index contributed by atoms with van der Waals surface area (Å²) in [5.41, 5.74) is 2.71. The molecule has 3 aromatic carbocycles. The van der Waals surface area contributed by atoms with E-state index in [2.05, 4.69) is 20.7 Å². The maximum absolute atomic E-state index is 13.4. The molecule has 0 aliphatic carbocycles. The largest absolute Gasteiger partial charge is 0.478 e. The molecule has 9 heteroatoms. The van der Waals surface area contributed by atoms with Gasteiger partial charge < -0.3 is 10.4 Å². The van der Waals surface area contributed by atoms with E-state index in [0.29, 0.717) is 22.5 Å². The number of hydrogen-bond donors (Lipinski definition) is 2. The van der Waals surface area contributed by atoms with Crippen molar-refractivity contribution in [2.24, 2.45) is 0 Å². The Balaban J connectivity index is 1.42. The highest BCUT2D eigenvalue weighted by Gasteiger charge is 2.11. The van der Waals surface area contributed by atoms with Crippen molar-refractivity contribution in [1.29, 1.82) is 0 Å². The quantitative estimate of drug-likeness (QED) is 0.465. The lowest BCUT2D eigenvalue weighted by Crippen LogP contribution is -2.22. The number of carbonyl (C=O) groups excluding carboxylic acids is 1. The molecule has 1 amide bonds. The lowest BCUT2D eigenvalue weighted by molar-refractivity contribution is 0.0696. The predicted molar refractivity (Wildman–Crippen MR) is 113 cm³/mol. The first-order chi connectivity index (χ1) is 15.5. The zero-order valence-corrected chi connectivity index (χ0v) is 16.8. The average molecular weight is 431 g/mol. The van der Waals surface area contributed by atoms with Crippen LogP contribution in [0.15, 0.2) is 72.8 Å². The van der Waals surface area contributed by atoms with Gasteiger partial charge >= 0.3 is 5.97 Å². The van der Waals surface area contributed by atoms with Gasteiger partial charge in [0.1, 0.15) is 5.82 Å². The maximum Gasteiger partial charge on any atom is 0.335 e. The Labute approximate surface area is 182 Å². The number of benzene rings is 3. The summed E-state index contributed by atoms with van der Waals surface area (Å²) in [6, 6.07) is 19.3. The Morgan fingerprint density at radius 2 is 1.72 bits per heavy atom. The fourth-order valence-corrected chi connectivity index (χ4v) is 3.07. The molecule has 0 saturated carbocycles. The molecular weight excluding hydrogens is 413 g/mol. The Hall–Kier alpha value is -4.40. The van der Waals surface area contributed by atoms with Crippen LogP contribution >= 0.6 is 0 Å². The van der Waals surface area contributed by atoms with E-state index in [0.717, 1.165) is 5.56 Å². The number of aromatic carboxylic acids is 1. The standard InChI is InChI=1S/C23H18FN5O3/c24-20-6-1-3-16(11-20)14-29-27-21(26-28-29)18-4-2-5-19(12-18)22(30)25-13-15-7-9-17(10-8-15)23(31)32/h1-12H,13-14H2,(H,25,30)(H,31,32). The summed E-state index contributed by atoms with van der Waals surface area (Å²) in [5.74, 6) is -1.28. The van der Waals surface area contributed by atoms with Gasteiger partial charge in [-0.2, -0.15) is 4.80 Å². The molecular formula is C23H18FN5O3. The highest BCUT2D eigenvalue weighted by Crippen LogP contribution is 2.16. The lowest BCUT2D eigenvalue weighted by atomic mass is 10.1. The van der Waals surface area contributed by atoms with Crippen LogP contribution < -0.4 is 5.32 Å². The molecule has 2 N–H and O–H groups in total. The number of nitrogens with one attached hydrogen (secondary N) is 1. The summed E-state index contributed by atoms with van der Waals surface area (Å²) < 4.78 is 13.4. The van der Waals surface area contributed by atoms with Gasteiger partial charge in [0.25, 0.3) is 5.91 Å². The van der Waals surface area contributed by atoms with Crippen molar-refractivity contribution in [2.75, 3.05) is 0 Å². The van der Waals surface area contributed by atoms with Crippen LogP contribution in [0.25, 0.3) is 11.4 Å². The van der Waals surface area contributed by atoms with Crippen molar-refractivity contribution in [3.05, 3.63) is 101 Å². The molecule has 0 atom stereocenters. The van der Waals surface area contributed by atoms with Crippen LogP contribution in [-0.4, -0.2) is 37.2 Å². The second-order valence-corrected chi connectivity index (χ2v) is 7.04. The molecule has 1 aromatic heterocycles. The van der Waals surface area contributed by atoms with Gasteiger partial charge in [0, 0.05) is 17.7 Å². The van der Waals surface area contributed by atoms with Gasteiger partial charge in [-0.05, 0) is 52.7 Å². The van der Waals surface area contributed by atoms with E-state index in [1.165, 1.54) is 29.1 Å². The first-order valence-corrected chi connectivity index (χ1v) is 9.71. The molecule has 0 saturated heterocycles. The minimum atomic E-state index is -1.00. The number of amides is 1. The second-order valence-electron chi connectivity index (χ2n) is 7.04.